The van der Waals surface area contributed by atoms with Crippen molar-refractivity contribution in [3.63, 3.8) is 0 Å². The molecule has 0 atom stereocenters. The molecule has 74 valence electrons. The van der Waals surface area contributed by atoms with E-state index in [2.05, 4.69) is 32.3 Å². The number of aromatic amines is 1. The van der Waals surface area contributed by atoms with Crippen molar-refractivity contribution < 1.29 is 0 Å². The number of hydrogen-bond donors (Lipinski definition) is 2. The minimum absolute atomic E-state index is 0.707. The summed E-state index contributed by atoms with van der Waals surface area (Å²) in [7, 11) is 3.83. The first-order valence-electron chi connectivity index (χ1n) is 4.59. The van der Waals surface area contributed by atoms with Gasteiger partial charge in [0, 0.05) is 20.6 Å². The average Bonchev–Trinajstić information content (AvgIpc) is 2.62. The number of H-pyrrole nitrogens is 1. The van der Waals surface area contributed by atoms with Crippen LogP contribution in [0.25, 0.3) is 0 Å². The van der Waals surface area contributed by atoms with E-state index in [0.29, 0.717) is 5.95 Å². The predicted octanol–water partition coefficient (Wildman–Crippen LogP) is 1.08. The van der Waals surface area contributed by atoms with Gasteiger partial charge in [0.15, 0.2) is 0 Å². The number of aromatic nitrogens is 3. The summed E-state index contributed by atoms with van der Waals surface area (Å²) in [4.78, 5) is 5.13. The largest absolute Gasteiger partial charge is 0.358 e. The monoisotopic (exact) mass is 183 g/mol. The van der Waals surface area contributed by atoms with E-state index in [1.54, 1.807) is 0 Å². The highest BCUT2D eigenvalue weighted by Gasteiger charge is 2.04. The highest BCUT2D eigenvalue weighted by molar-refractivity contribution is 5.34. The standard InChI is InChI=1S/C8H17N5/c1-4-5-6-13(3)8-10-7(9-2)11-12-8/h4-6H2,1-3H3,(H2,9,10,11,12). The van der Waals surface area contributed by atoms with Crippen molar-refractivity contribution >= 4 is 11.9 Å². The lowest BCUT2D eigenvalue weighted by atomic mass is 10.3. The molecule has 1 rings (SSSR count). The summed E-state index contributed by atoms with van der Waals surface area (Å²) in [6.07, 6.45) is 2.36. The maximum absolute atomic E-state index is 4.00. The van der Waals surface area contributed by atoms with Crippen LogP contribution in [0.4, 0.5) is 11.9 Å². The zero-order chi connectivity index (χ0) is 9.68. The van der Waals surface area contributed by atoms with Crippen molar-refractivity contribution in [1.82, 2.24) is 15.2 Å². The average molecular weight is 183 g/mol. The second-order valence-corrected chi connectivity index (χ2v) is 3.02. The third-order valence-electron chi connectivity index (χ3n) is 1.92. The molecule has 2 N–H and O–H groups in total. The molecule has 0 saturated heterocycles. The third-order valence-corrected chi connectivity index (χ3v) is 1.92. The van der Waals surface area contributed by atoms with Gasteiger partial charge in [0.05, 0.1) is 0 Å². The van der Waals surface area contributed by atoms with Gasteiger partial charge in [-0.25, -0.2) is 0 Å². The van der Waals surface area contributed by atoms with Crippen LogP contribution in [0.15, 0.2) is 0 Å². The zero-order valence-electron chi connectivity index (χ0n) is 8.46. The Labute approximate surface area is 78.5 Å². The molecule has 0 aromatic carbocycles. The van der Waals surface area contributed by atoms with Gasteiger partial charge >= 0.3 is 0 Å². The van der Waals surface area contributed by atoms with Crippen molar-refractivity contribution in [3.05, 3.63) is 0 Å². The lowest BCUT2D eigenvalue weighted by Crippen LogP contribution is -2.19. The van der Waals surface area contributed by atoms with Gasteiger partial charge in [-0.3, -0.25) is 4.98 Å². The van der Waals surface area contributed by atoms with Gasteiger partial charge in [-0.1, -0.05) is 13.3 Å². The molecule has 0 unspecified atom stereocenters. The summed E-state index contributed by atoms with van der Waals surface area (Å²) in [5.74, 6) is 1.52. The van der Waals surface area contributed by atoms with E-state index in [-0.39, 0.29) is 0 Å². The smallest absolute Gasteiger partial charge is 0.225 e. The molecule has 5 heteroatoms. The van der Waals surface area contributed by atoms with Crippen LogP contribution in [0, 0.1) is 0 Å². The van der Waals surface area contributed by atoms with E-state index < -0.39 is 0 Å². The second kappa shape index (κ2) is 4.69. The van der Waals surface area contributed by atoms with Crippen LogP contribution in [-0.4, -0.2) is 35.8 Å². The summed E-state index contributed by atoms with van der Waals surface area (Å²) in [6, 6.07) is 0. The highest BCUT2D eigenvalue weighted by Crippen LogP contribution is 2.07. The Morgan fingerprint density at radius 2 is 2.23 bits per heavy atom. The molecule has 0 aliphatic carbocycles. The summed E-state index contributed by atoms with van der Waals surface area (Å²) >= 11 is 0. The van der Waals surface area contributed by atoms with Crippen molar-refractivity contribution in [2.24, 2.45) is 0 Å². The summed E-state index contributed by atoms with van der Waals surface area (Å²) in [5.41, 5.74) is 0. The first-order chi connectivity index (χ1) is 6.27. The van der Waals surface area contributed by atoms with Crippen molar-refractivity contribution in [1.29, 1.82) is 0 Å². The molecular weight excluding hydrogens is 166 g/mol. The van der Waals surface area contributed by atoms with Crippen molar-refractivity contribution in [3.8, 4) is 0 Å². The molecule has 0 radical (unpaired) electrons. The minimum atomic E-state index is 0.707. The fraction of sp³-hybridized carbons (Fsp3) is 0.750. The quantitative estimate of drug-likeness (QED) is 0.717. The van der Waals surface area contributed by atoms with Crippen LogP contribution in [0.5, 0.6) is 0 Å². The highest BCUT2D eigenvalue weighted by atomic mass is 15.4. The Morgan fingerprint density at radius 3 is 2.77 bits per heavy atom. The SMILES string of the molecule is CCCCN(C)c1nnc(NC)[nH]1. The lowest BCUT2D eigenvalue weighted by molar-refractivity contribution is 0.751. The number of nitrogens with zero attached hydrogens (tertiary/aromatic N) is 3. The van der Waals surface area contributed by atoms with Crippen molar-refractivity contribution in [2.45, 2.75) is 19.8 Å². The molecule has 1 heterocycles. The molecule has 0 aliphatic heterocycles. The van der Waals surface area contributed by atoms with Gasteiger partial charge in [-0.05, 0) is 6.42 Å². The Morgan fingerprint density at radius 1 is 1.46 bits per heavy atom. The van der Waals surface area contributed by atoms with Crippen LogP contribution in [0.3, 0.4) is 0 Å². The minimum Gasteiger partial charge on any atom is -0.358 e. The molecule has 5 nitrogen and oxygen atoms in total. The van der Waals surface area contributed by atoms with Crippen LogP contribution in [0.1, 0.15) is 19.8 Å². The lowest BCUT2D eigenvalue weighted by Gasteiger charge is -2.13. The first-order valence-corrected chi connectivity index (χ1v) is 4.59. The third kappa shape index (κ3) is 2.61. The normalized spacial score (nSPS) is 10.1. The molecule has 1 aromatic rings. The number of anilines is 2. The van der Waals surface area contributed by atoms with E-state index in [1.165, 1.54) is 12.8 Å². The molecule has 0 fully saturated rings. The van der Waals surface area contributed by atoms with E-state index >= 15 is 0 Å². The van der Waals surface area contributed by atoms with E-state index in [9.17, 15) is 0 Å². The molecule has 0 amide bonds. The first kappa shape index (κ1) is 9.83. The zero-order valence-corrected chi connectivity index (χ0v) is 8.46. The Balaban J connectivity index is 2.50. The number of unbranched alkanes of at least 4 members (excludes halogenated alkanes) is 1. The predicted molar refractivity (Wildman–Crippen MR) is 54.1 cm³/mol. The Bertz CT molecular complexity index is 244. The van der Waals surface area contributed by atoms with Gasteiger partial charge in [0.25, 0.3) is 0 Å². The van der Waals surface area contributed by atoms with E-state index in [0.717, 1.165) is 12.5 Å². The summed E-state index contributed by atoms with van der Waals surface area (Å²) < 4.78 is 0. The van der Waals surface area contributed by atoms with Crippen LogP contribution < -0.4 is 10.2 Å². The molecule has 0 spiro atoms. The number of nitrogens with one attached hydrogen (secondary N) is 2. The molecule has 1 aromatic heterocycles. The Hall–Kier alpha value is -1.26. The van der Waals surface area contributed by atoms with E-state index in [1.807, 2.05) is 14.1 Å². The maximum atomic E-state index is 4.00. The van der Waals surface area contributed by atoms with Gasteiger partial charge in [-0.15, -0.1) is 10.2 Å². The van der Waals surface area contributed by atoms with Crippen LogP contribution in [-0.2, 0) is 0 Å². The second-order valence-electron chi connectivity index (χ2n) is 3.02. The fourth-order valence-electron chi connectivity index (χ4n) is 1.04. The van der Waals surface area contributed by atoms with Gasteiger partial charge in [-0.2, -0.15) is 0 Å². The summed E-state index contributed by atoms with van der Waals surface area (Å²) in [6.45, 7) is 3.18. The van der Waals surface area contributed by atoms with Gasteiger partial charge < -0.3 is 10.2 Å². The number of rotatable bonds is 5. The molecule has 0 bridgehead atoms. The molecule has 0 aliphatic rings. The van der Waals surface area contributed by atoms with E-state index in [4.69, 9.17) is 0 Å². The summed E-state index contributed by atoms with van der Waals surface area (Å²) in [5, 5.41) is 10.8. The molecular formula is C8H17N5. The molecule has 13 heavy (non-hydrogen) atoms. The topological polar surface area (TPSA) is 56.8 Å². The van der Waals surface area contributed by atoms with Crippen LogP contribution >= 0.6 is 0 Å². The van der Waals surface area contributed by atoms with Gasteiger partial charge in [0.1, 0.15) is 0 Å². The van der Waals surface area contributed by atoms with Gasteiger partial charge in [0.2, 0.25) is 11.9 Å². The van der Waals surface area contributed by atoms with Crippen LogP contribution in [0.2, 0.25) is 0 Å². The van der Waals surface area contributed by atoms with Crippen molar-refractivity contribution in [2.75, 3.05) is 30.9 Å². The number of hydrogen-bond acceptors (Lipinski definition) is 4. The molecule has 0 saturated carbocycles. The fourth-order valence-corrected chi connectivity index (χ4v) is 1.04. The Kier molecular flexibility index (Phi) is 3.54. The maximum Gasteiger partial charge on any atom is 0.225 e.